The number of para-hydroxylation sites is 2. The number of hydrogen-bond donors (Lipinski definition) is 2. The van der Waals surface area contributed by atoms with Gasteiger partial charge in [0.05, 0.1) is 11.1 Å². The normalized spacial score (nSPS) is 27.1. The molecule has 0 spiro atoms. The molecule has 0 unspecified atom stereocenters. The number of anilines is 2. The molecule has 0 amide bonds. The SMILES string of the molecule is Nc1ccccc1C1([N+](=O)[O-])C=CC(CSCC2C=CC(c3ccccc3N)([N+](=O)[O-])C=C2)C=C1. The van der Waals surface area contributed by atoms with Crippen molar-refractivity contribution in [2.24, 2.45) is 11.8 Å². The second-order valence-electron chi connectivity index (χ2n) is 8.64. The first-order valence-electron chi connectivity index (χ1n) is 11.1. The Morgan fingerprint density at radius 2 is 1.03 bits per heavy atom. The zero-order valence-electron chi connectivity index (χ0n) is 18.9. The summed E-state index contributed by atoms with van der Waals surface area (Å²) < 4.78 is 0. The molecular weight excluding hydrogens is 464 g/mol. The van der Waals surface area contributed by atoms with Gasteiger partial charge < -0.3 is 11.5 Å². The lowest BCUT2D eigenvalue weighted by molar-refractivity contribution is -0.549. The number of nitrogen functional groups attached to an aromatic ring is 2. The van der Waals surface area contributed by atoms with Gasteiger partial charge in [-0.3, -0.25) is 20.2 Å². The van der Waals surface area contributed by atoms with E-state index in [1.54, 1.807) is 84.6 Å². The highest BCUT2D eigenvalue weighted by Gasteiger charge is 2.44. The van der Waals surface area contributed by atoms with E-state index in [9.17, 15) is 20.2 Å². The molecule has 0 heterocycles. The Morgan fingerprint density at radius 3 is 1.34 bits per heavy atom. The van der Waals surface area contributed by atoms with Crippen LogP contribution in [0.2, 0.25) is 0 Å². The number of thioether (sulfide) groups is 1. The molecule has 4 N–H and O–H groups in total. The molecule has 0 bridgehead atoms. The van der Waals surface area contributed by atoms with Crippen molar-refractivity contribution < 1.29 is 9.85 Å². The highest BCUT2D eigenvalue weighted by molar-refractivity contribution is 7.99. The molecule has 0 atom stereocenters. The molecule has 35 heavy (non-hydrogen) atoms. The van der Waals surface area contributed by atoms with Crippen LogP contribution in [0, 0.1) is 32.1 Å². The highest BCUT2D eigenvalue weighted by atomic mass is 32.2. The summed E-state index contributed by atoms with van der Waals surface area (Å²) in [5, 5.41) is 23.9. The summed E-state index contributed by atoms with van der Waals surface area (Å²) in [4.78, 5) is 23.3. The predicted molar refractivity (Wildman–Crippen MR) is 140 cm³/mol. The first-order chi connectivity index (χ1) is 16.8. The van der Waals surface area contributed by atoms with E-state index in [0.29, 0.717) is 22.5 Å². The topological polar surface area (TPSA) is 138 Å². The molecule has 0 aliphatic heterocycles. The lowest BCUT2D eigenvalue weighted by Gasteiger charge is -2.25. The molecule has 0 aromatic heterocycles. The van der Waals surface area contributed by atoms with Gasteiger partial charge in [-0.2, -0.15) is 11.8 Å². The smallest absolute Gasteiger partial charge is 0.285 e. The van der Waals surface area contributed by atoms with Crippen molar-refractivity contribution in [3.63, 3.8) is 0 Å². The van der Waals surface area contributed by atoms with Crippen molar-refractivity contribution in [3.8, 4) is 0 Å². The number of allylic oxidation sites excluding steroid dienone is 4. The summed E-state index contributed by atoms with van der Waals surface area (Å²) in [5.41, 5.74) is 10.8. The minimum absolute atomic E-state index is 0.0385. The molecular formula is C26H26N4O4S. The van der Waals surface area contributed by atoms with Crippen LogP contribution < -0.4 is 11.5 Å². The summed E-state index contributed by atoms with van der Waals surface area (Å²) >= 11 is 1.69. The molecule has 0 radical (unpaired) electrons. The molecule has 4 rings (SSSR count). The molecule has 8 nitrogen and oxygen atoms in total. The molecule has 0 saturated carbocycles. The third-order valence-electron chi connectivity index (χ3n) is 6.40. The number of nitro groups is 2. The fourth-order valence-electron chi connectivity index (χ4n) is 4.41. The van der Waals surface area contributed by atoms with E-state index < -0.39 is 11.1 Å². The zero-order valence-corrected chi connectivity index (χ0v) is 19.7. The van der Waals surface area contributed by atoms with Crippen LogP contribution in [0.3, 0.4) is 0 Å². The van der Waals surface area contributed by atoms with Gasteiger partial charge in [-0.15, -0.1) is 0 Å². The summed E-state index contributed by atoms with van der Waals surface area (Å²) in [5.74, 6) is 1.54. The summed E-state index contributed by atoms with van der Waals surface area (Å²) in [7, 11) is 0. The molecule has 0 fully saturated rings. The monoisotopic (exact) mass is 490 g/mol. The van der Waals surface area contributed by atoms with Crippen LogP contribution in [0.25, 0.3) is 0 Å². The minimum Gasteiger partial charge on any atom is -0.398 e. The average molecular weight is 491 g/mol. The number of benzene rings is 2. The van der Waals surface area contributed by atoms with E-state index in [-0.39, 0.29) is 21.7 Å². The van der Waals surface area contributed by atoms with Crippen molar-refractivity contribution in [1.82, 2.24) is 0 Å². The van der Waals surface area contributed by atoms with E-state index in [2.05, 4.69) is 0 Å². The van der Waals surface area contributed by atoms with Gasteiger partial charge in [-0.25, -0.2) is 0 Å². The van der Waals surface area contributed by atoms with Gasteiger partial charge in [0.1, 0.15) is 0 Å². The molecule has 2 aromatic rings. The second kappa shape index (κ2) is 9.79. The van der Waals surface area contributed by atoms with Crippen LogP contribution >= 0.6 is 11.8 Å². The van der Waals surface area contributed by atoms with Gasteiger partial charge in [0.2, 0.25) is 0 Å². The molecule has 180 valence electrons. The standard InChI is InChI=1S/C26H26N4O4S/c27-23-7-3-1-5-21(23)25(29(31)32)13-9-19(10-14-25)17-35-18-20-11-15-26(16-12-20,30(33)34)22-6-2-4-8-24(22)28/h1-16,19-20H,17-18,27-28H2. The van der Waals surface area contributed by atoms with Gasteiger partial charge in [-0.1, -0.05) is 48.6 Å². The van der Waals surface area contributed by atoms with Gasteiger partial charge >= 0.3 is 0 Å². The van der Waals surface area contributed by atoms with Gasteiger partial charge in [0.25, 0.3) is 11.1 Å². The summed E-state index contributed by atoms with van der Waals surface area (Å²) in [6.07, 6.45) is 13.9. The van der Waals surface area contributed by atoms with Crippen molar-refractivity contribution in [2.45, 2.75) is 11.1 Å². The second-order valence-corrected chi connectivity index (χ2v) is 9.72. The zero-order chi connectivity index (χ0) is 25.1. The number of nitrogens with two attached hydrogens (primary N) is 2. The Kier molecular flexibility index (Phi) is 6.79. The first-order valence-corrected chi connectivity index (χ1v) is 12.3. The largest absolute Gasteiger partial charge is 0.398 e. The maximum atomic E-state index is 12.0. The maximum Gasteiger partial charge on any atom is 0.285 e. The van der Waals surface area contributed by atoms with Gasteiger partial charge in [-0.05, 0) is 48.6 Å². The average Bonchev–Trinajstić information content (AvgIpc) is 2.85. The Balaban J connectivity index is 1.38. The Morgan fingerprint density at radius 1 is 0.686 bits per heavy atom. The molecule has 2 aliphatic rings. The van der Waals surface area contributed by atoms with Crippen LogP contribution in [0.5, 0.6) is 0 Å². The van der Waals surface area contributed by atoms with Crippen LogP contribution in [0.4, 0.5) is 11.4 Å². The lowest BCUT2D eigenvalue weighted by Crippen LogP contribution is -2.34. The molecule has 9 heteroatoms. The Labute approximate surface area is 207 Å². The van der Waals surface area contributed by atoms with E-state index >= 15 is 0 Å². The van der Waals surface area contributed by atoms with Crippen molar-refractivity contribution in [3.05, 3.63) is 128 Å². The first kappa shape index (κ1) is 24.3. The van der Waals surface area contributed by atoms with Crippen molar-refractivity contribution >= 4 is 23.1 Å². The van der Waals surface area contributed by atoms with E-state index in [1.165, 1.54) is 0 Å². The third kappa shape index (κ3) is 4.59. The minimum atomic E-state index is -1.47. The van der Waals surface area contributed by atoms with Gasteiger partial charge in [0.15, 0.2) is 0 Å². The molecule has 0 saturated heterocycles. The fraction of sp³-hybridized carbons (Fsp3) is 0.231. The lowest BCUT2D eigenvalue weighted by atomic mass is 9.83. The molecule has 2 aromatic carbocycles. The van der Waals surface area contributed by atoms with E-state index in [1.807, 2.05) is 24.3 Å². The Hall–Kier alpha value is -3.85. The summed E-state index contributed by atoms with van der Waals surface area (Å²) in [6.45, 7) is 0. The number of nitrogens with zero attached hydrogens (tertiary/aromatic N) is 2. The molecule has 2 aliphatic carbocycles. The van der Waals surface area contributed by atoms with E-state index in [0.717, 1.165) is 11.5 Å². The highest BCUT2D eigenvalue weighted by Crippen LogP contribution is 2.38. The maximum absolute atomic E-state index is 12.0. The van der Waals surface area contributed by atoms with Crippen LogP contribution in [0.15, 0.2) is 97.1 Å². The van der Waals surface area contributed by atoms with Crippen LogP contribution in [0.1, 0.15) is 11.1 Å². The van der Waals surface area contributed by atoms with Crippen molar-refractivity contribution in [2.75, 3.05) is 23.0 Å². The number of hydrogen-bond acceptors (Lipinski definition) is 7. The van der Waals surface area contributed by atoms with E-state index in [4.69, 9.17) is 11.5 Å². The van der Waals surface area contributed by atoms with Gasteiger partial charge in [0, 0.05) is 44.6 Å². The summed E-state index contributed by atoms with van der Waals surface area (Å²) in [6, 6.07) is 13.7. The predicted octanol–water partition coefficient (Wildman–Crippen LogP) is 4.71. The van der Waals surface area contributed by atoms with Crippen LogP contribution in [-0.4, -0.2) is 21.4 Å². The van der Waals surface area contributed by atoms with Crippen LogP contribution in [-0.2, 0) is 11.1 Å². The third-order valence-corrected chi connectivity index (χ3v) is 7.64. The number of rotatable bonds is 8. The Bertz CT molecular complexity index is 1130. The van der Waals surface area contributed by atoms with Crippen molar-refractivity contribution in [1.29, 1.82) is 0 Å². The quantitative estimate of drug-likeness (QED) is 0.236. The fourth-order valence-corrected chi connectivity index (χ4v) is 5.53.